The number of halogens is 3. The van der Waals surface area contributed by atoms with Crippen LogP contribution in [0.1, 0.15) is 6.92 Å². The normalized spacial score (nSPS) is 10.5. The molecule has 0 aliphatic carbocycles. The summed E-state index contributed by atoms with van der Waals surface area (Å²) in [5.74, 6) is -1.47. The zero-order valence-corrected chi connectivity index (χ0v) is 12.1. The number of benzene rings is 1. The van der Waals surface area contributed by atoms with Crippen LogP contribution in [0.3, 0.4) is 0 Å². The molecule has 0 bridgehead atoms. The first-order valence-electron chi connectivity index (χ1n) is 5.15. The average Bonchev–Trinajstić information content (AvgIpc) is 2.31. The molecule has 1 rings (SSSR count). The Morgan fingerprint density at radius 1 is 1.11 bits per heavy atom. The van der Waals surface area contributed by atoms with Crippen molar-refractivity contribution in [3.05, 3.63) is 39.4 Å². The molecule has 4 nitrogen and oxygen atoms in total. The number of hydrogen-bond donors (Lipinski definition) is 0. The summed E-state index contributed by atoms with van der Waals surface area (Å²) in [6.07, 6.45) is 1.86. The van der Waals surface area contributed by atoms with Crippen LogP contribution in [0.5, 0.6) is 5.75 Å². The van der Waals surface area contributed by atoms with E-state index >= 15 is 0 Å². The highest BCUT2D eigenvalue weighted by atomic mass is 35.5. The Morgan fingerprint density at radius 3 is 2.16 bits per heavy atom. The minimum Gasteiger partial charge on any atom is -0.463 e. The van der Waals surface area contributed by atoms with Gasteiger partial charge >= 0.3 is 11.9 Å². The van der Waals surface area contributed by atoms with Gasteiger partial charge in [-0.05, 0) is 19.1 Å². The van der Waals surface area contributed by atoms with E-state index in [1.165, 1.54) is 12.1 Å². The van der Waals surface area contributed by atoms with Crippen LogP contribution in [-0.2, 0) is 14.3 Å². The first-order chi connectivity index (χ1) is 8.93. The molecule has 1 aromatic rings. The predicted molar refractivity (Wildman–Crippen MR) is 72.9 cm³/mol. The van der Waals surface area contributed by atoms with Crippen molar-refractivity contribution in [2.45, 2.75) is 6.92 Å². The topological polar surface area (TPSA) is 52.6 Å². The maximum absolute atomic E-state index is 11.4. The molecule has 0 saturated carbocycles. The van der Waals surface area contributed by atoms with Crippen LogP contribution in [-0.4, -0.2) is 18.5 Å². The number of carbonyl (C=O) groups is 2. The number of ether oxygens (including phenoxy) is 2. The first-order valence-corrected chi connectivity index (χ1v) is 6.28. The Bertz CT molecular complexity index is 503. The van der Waals surface area contributed by atoms with E-state index in [2.05, 4.69) is 4.74 Å². The second-order valence-corrected chi connectivity index (χ2v) is 4.46. The molecule has 19 heavy (non-hydrogen) atoms. The molecule has 0 aliphatic heterocycles. The zero-order chi connectivity index (χ0) is 14.4. The minimum absolute atomic E-state index is 0.0220. The van der Waals surface area contributed by atoms with E-state index in [1.54, 1.807) is 6.92 Å². The smallest absolute Gasteiger partial charge is 0.336 e. The van der Waals surface area contributed by atoms with E-state index < -0.39 is 11.9 Å². The van der Waals surface area contributed by atoms with Crippen molar-refractivity contribution in [2.75, 3.05) is 6.61 Å². The van der Waals surface area contributed by atoms with Gasteiger partial charge in [-0.25, -0.2) is 9.59 Å². The van der Waals surface area contributed by atoms with Gasteiger partial charge in [0, 0.05) is 17.2 Å². The van der Waals surface area contributed by atoms with Gasteiger partial charge in [0.1, 0.15) is 0 Å². The fourth-order valence-electron chi connectivity index (χ4n) is 1.09. The Kier molecular flexibility index (Phi) is 6.15. The fraction of sp³-hybridized carbons (Fsp3) is 0.167. The van der Waals surface area contributed by atoms with Gasteiger partial charge in [0.25, 0.3) is 0 Å². The van der Waals surface area contributed by atoms with Crippen LogP contribution in [0.4, 0.5) is 0 Å². The van der Waals surface area contributed by atoms with Gasteiger partial charge in [-0.15, -0.1) is 0 Å². The van der Waals surface area contributed by atoms with Crippen LogP contribution in [0, 0.1) is 0 Å². The molecule has 0 atom stereocenters. The van der Waals surface area contributed by atoms with Crippen molar-refractivity contribution in [3.8, 4) is 5.75 Å². The summed E-state index contributed by atoms with van der Waals surface area (Å²) in [5.41, 5.74) is 0. The van der Waals surface area contributed by atoms with Crippen molar-refractivity contribution in [1.29, 1.82) is 0 Å². The highest BCUT2D eigenvalue weighted by Gasteiger charge is 2.12. The van der Waals surface area contributed by atoms with Gasteiger partial charge in [0.05, 0.1) is 16.7 Å². The van der Waals surface area contributed by atoms with Gasteiger partial charge in [-0.3, -0.25) is 0 Å². The number of hydrogen-bond acceptors (Lipinski definition) is 4. The lowest BCUT2D eigenvalue weighted by molar-refractivity contribution is -0.138. The quantitative estimate of drug-likeness (QED) is 0.482. The van der Waals surface area contributed by atoms with Crippen molar-refractivity contribution in [3.63, 3.8) is 0 Å². The van der Waals surface area contributed by atoms with E-state index in [-0.39, 0.29) is 22.4 Å². The summed E-state index contributed by atoms with van der Waals surface area (Å²) in [5, 5.41) is 0.502. The molecule has 0 N–H and O–H groups in total. The summed E-state index contributed by atoms with van der Waals surface area (Å²) in [4.78, 5) is 22.4. The molecule has 0 fully saturated rings. The molecule has 0 unspecified atom stereocenters. The van der Waals surface area contributed by atoms with Crippen molar-refractivity contribution in [1.82, 2.24) is 0 Å². The lowest BCUT2D eigenvalue weighted by Crippen LogP contribution is -2.07. The summed E-state index contributed by atoms with van der Waals surface area (Å²) >= 11 is 17.4. The second-order valence-electron chi connectivity index (χ2n) is 3.21. The number of esters is 2. The van der Waals surface area contributed by atoms with E-state index in [9.17, 15) is 9.59 Å². The average molecular weight is 324 g/mol. The lowest BCUT2D eigenvalue weighted by atomic mass is 10.3. The molecule has 0 amide bonds. The van der Waals surface area contributed by atoms with E-state index in [0.29, 0.717) is 5.02 Å². The van der Waals surface area contributed by atoms with Crippen molar-refractivity contribution in [2.24, 2.45) is 0 Å². The molecule has 1 aromatic carbocycles. The Hall–Kier alpha value is -1.23. The minimum atomic E-state index is -0.806. The van der Waals surface area contributed by atoms with Gasteiger partial charge in [-0.2, -0.15) is 0 Å². The number of rotatable bonds is 4. The molecule has 7 heteroatoms. The largest absolute Gasteiger partial charge is 0.463 e. The zero-order valence-electron chi connectivity index (χ0n) is 9.78. The summed E-state index contributed by atoms with van der Waals surface area (Å²) in [6, 6.07) is 2.76. The molecule has 0 heterocycles. The second kappa shape index (κ2) is 7.38. The molecular formula is C12H9Cl3O4. The van der Waals surface area contributed by atoms with Crippen LogP contribution < -0.4 is 4.74 Å². The van der Waals surface area contributed by atoms with Gasteiger partial charge < -0.3 is 9.47 Å². The molecular weight excluding hydrogens is 314 g/mol. The van der Waals surface area contributed by atoms with Gasteiger partial charge in [-0.1, -0.05) is 34.8 Å². The Balaban J connectivity index is 2.75. The molecule has 102 valence electrons. The van der Waals surface area contributed by atoms with Crippen LogP contribution in [0.25, 0.3) is 0 Å². The maximum atomic E-state index is 11.4. The Labute approximate surface area is 124 Å². The molecule has 0 saturated heterocycles. The first kappa shape index (κ1) is 15.8. The van der Waals surface area contributed by atoms with E-state index in [0.717, 1.165) is 12.2 Å². The predicted octanol–water partition coefficient (Wildman–Crippen LogP) is 3.67. The standard InChI is InChI=1S/C12H9Cl3O4/c1-2-18-10(16)3-4-11(17)19-12-8(14)5-7(13)6-9(12)15/h3-6H,2H2,1H3/b4-3+. The van der Waals surface area contributed by atoms with Crippen LogP contribution in [0.15, 0.2) is 24.3 Å². The van der Waals surface area contributed by atoms with Crippen molar-refractivity contribution < 1.29 is 19.1 Å². The SMILES string of the molecule is CCOC(=O)/C=C/C(=O)Oc1c(Cl)cc(Cl)cc1Cl. The molecule has 0 aliphatic rings. The third-order valence-corrected chi connectivity index (χ3v) is 2.59. The van der Waals surface area contributed by atoms with Crippen LogP contribution in [0.2, 0.25) is 15.1 Å². The summed E-state index contributed by atoms with van der Waals surface area (Å²) in [7, 11) is 0. The lowest BCUT2D eigenvalue weighted by Gasteiger charge is -2.06. The highest BCUT2D eigenvalue weighted by Crippen LogP contribution is 2.35. The summed E-state index contributed by atoms with van der Waals surface area (Å²) < 4.78 is 9.51. The monoisotopic (exact) mass is 322 g/mol. The highest BCUT2D eigenvalue weighted by molar-refractivity contribution is 6.40. The van der Waals surface area contributed by atoms with E-state index in [4.69, 9.17) is 39.5 Å². The van der Waals surface area contributed by atoms with Gasteiger partial charge in [0.2, 0.25) is 0 Å². The van der Waals surface area contributed by atoms with Crippen molar-refractivity contribution >= 4 is 46.7 Å². The third-order valence-electron chi connectivity index (χ3n) is 1.81. The number of carbonyl (C=O) groups excluding carboxylic acids is 2. The Morgan fingerprint density at radius 2 is 1.63 bits per heavy atom. The van der Waals surface area contributed by atoms with Gasteiger partial charge in [0.15, 0.2) is 5.75 Å². The molecule has 0 radical (unpaired) electrons. The fourth-order valence-corrected chi connectivity index (χ4v) is 1.98. The summed E-state index contributed by atoms with van der Waals surface area (Å²) in [6.45, 7) is 1.87. The maximum Gasteiger partial charge on any atom is 0.336 e. The molecule has 0 spiro atoms. The van der Waals surface area contributed by atoms with Crippen LogP contribution >= 0.6 is 34.8 Å². The van der Waals surface area contributed by atoms with E-state index in [1.807, 2.05) is 0 Å². The third kappa shape index (κ3) is 5.11. The molecule has 0 aromatic heterocycles.